The third-order valence-corrected chi connectivity index (χ3v) is 4.13. The zero-order valence-electron chi connectivity index (χ0n) is 10.4. The normalized spacial score (nSPS) is 30.2. The Balaban J connectivity index is 1.97. The van der Waals surface area contributed by atoms with E-state index in [2.05, 4.69) is 4.90 Å². The van der Waals surface area contributed by atoms with E-state index in [0.717, 1.165) is 19.3 Å². The second-order valence-corrected chi connectivity index (χ2v) is 5.42. The Morgan fingerprint density at radius 2 is 2.18 bits per heavy atom. The van der Waals surface area contributed by atoms with Crippen molar-refractivity contribution in [3.05, 3.63) is 0 Å². The molecule has 2 rings (SSSR count). The summed E-state index contributed by atoms with van der Waals surface area (Å²) < 4.78 is 5.37. The smallest absolute Gasteiger partial charge is 0.129 e. The van der Waals surface area contributed by atoms with Crippen molar-refractivity contribution in [1.29, 1.82) is 0 Å². The van der Waals surface area contributed by atoms with Crippen LogP contribution in [0.2, 0.25) is 0 Å². The van der Waals surface area contributed by atoms with Crippen LogP contribution in [0.1, 0.15) is 32.1 Å². The fourth-order valence-electron chi connectivity index (χ4n) is 3.07. The number of carbonyl (C=O) groups is 1. The van der Waals surface area contributed by atoms with Crippen LogP contribution < -0.4 is 0 Å². The van der Waals surface area contributed by atoms with Gasteiger partial charge in [0.15, 0.2) is 0 Å². The van der Waals surface area contributed by atoms with E-state index < -0.39 is 0 Å². The lowest BCUT2D eigenvalue weighted by molar-refractivity contribution is -0.117. The van der Waals surface area contributed by atoms with Crippen LogP contribution >= 0.6 is 0 Å². The molecule has 17 heavy (non-hydrogen) atoms. The van der Waals surface area contributed by atoms with Gasteiger partial charge >= 0.3 is 0 Å². The van der Waals surface area contributed by atoms with Crippen LogP contribution in [-0.2, 0) is 9.53 Å². The van der Waals surface area contributed by atoms with Gasteiger partial charge < -0.3 is 14.6 Å². The largest absolute Gasteiger partial charge is 0.395 e. The average Bonchev–Trinajstić information content (AvgIpc) is 3.00. The Labute approximate surface area is 103 Å². The minimum atomic E-state index is -0.322. The molecule has 1 aliphatic heterocycles. The van der Waals surface area contributed by atoms with Gasteiger partial charge in [-0.3, -0.25) is 4.90 Å². The Bertz CT molecular complexity index is 245. The van der Waals surface area contributed by atoms with Crippen LogP contribution in [0.3, 0.4) is 0 Å². The molecule has 1 heterocycles. The van der Waals surface area contributed by atoms with Crippen LogP contribution in [0, 0.1) is 5.41 Å². The van der Waals surface area contributed by atoms with Crippen molar-refractivity contribution in [3.63, 3.8) is 0 Å². The number of hydrogen-bond donors (Lipinski definition) is 1. The van der Waals surface area contributed by atoms with E-state index in [9.17, 15) is 4.79 Å². The van der Waals surface area contributed by atoms with Gasteiger partial charge in [-0.05, 0) is 19.3 Å². The highest BCUT2D eigenvalue weighted by molar-refractivity contribution is 5.60. The predicted molar refractivity (Wildman–Crippen MR) is 64.8 cm³/mol. The summed E-state index contributed by atoms with van der Waals surface area (Å²) in [6.07, 6.45) is 6.85. The minimum absolute atomic E-state index is 0.173. The van der Waals surface area contributed by atoms with Gasteiger partial charge in [0, 0.05) is 25.7 Å². The SMILES string of the molecule is O=CC1(CN(CCO)C2CCCC2)CCOC1. The fourth-order valence-corrected chi connectivity index (χ4v) is 3.07. The summed E-state index contributed by atoms with van der Waals surface area (Å²) >= 11 is 0. The summed E-state index contributed by atoms with van der Waals surface area (Å²) in [7, 11) is 0. The van der Waals surface area contributed by atoms with Crippen molar-refractivity contribution in [3.8, 4) is 0 Å². The first-order valence-corrected chi connectivity index (χ1v) is 6.69. The zero-order chi connectivity index (χ0) is 12.1. The van der Waals surface area contributed by atoms with E-state index in [-0.39, 0.29) is 12.0 Å². The highest BCUT2D eigenvalue weighted by atomic mass is 16.5. The maximum Gasteiger partial charge on any atom is 0.129 e. The number of aliphatic hydroxyl groups is 1. The van der Waals surface area contributed by atoms with E-state index in [0.29, 0.717) is 25.8 Å². The van der Waals surface area contributed by atoms with Crippen molar-refractivity contribution in [2.75, 3.05) is 32.9 Å². The topological polar surface area (TPSA) is 49.8 Å². The van der Waals surface area contributed by atoms with Crippen molar-refractivity contribution in [2.45, 2.75) is 38.1 Å². The van der Waals surface area contributed by atoms with Gasteiger partial charge in [0.05, 0.1) is 18.6 Å². The number of ether oxygens (including phenoxy) is 1. The van der Waals surface area contributed by atoms with Gasteiger partial charge in [-0.1, -0.05) is 12.8 Å². The first-order valence-electron chi connectivity index (χ1n) is 6.69. The minimum Gasteiger partial charge on any atom is -0.395 e. The summed E-state index contributed by atoms with van der Waals surface area (Å²) in [5.74, 6) is 0. The van der Waals surface area contributed by atoms with Gasteiger partial charge in [0.25, 0.3) is 0 Å². The number of carbonyl (C=O) groups excluding carboxylic acids is 1. The van der Waals surface area contributed by atoms with Crippen molar-refractivity contribution in [2.24, 2.45) is 5.41 Å². The van der Waals surface area contributed by atoms with Crippen molar-refractivity contribution >= 4 is 6.29 Å². The third kappa shape index (κ3) is 3.06. The standard InChI is InChI=1S/C13H23NO3/c15-7-6-14(12-3-1-2-4-12)9-13(10-16)5-8-17-11-13/h10,12,15H,1-9,11H2. The van der Waals surface area contributed by atoms with Gasteiger partial charge in [0.2, 0.25) is 0 Å². The molecule has 2 aliphatic rings. The lowest BCUT2D eigenvalue weighted by Crippen LogP contribution is -2.45. The Kier molecular flexibility index (Phi) is 4.54. The van der Waals surface area contributed by atoms with E-state index >= 15 is 0 Å². The number of rotatable bonds is 6. The molecule has 2 fully saturated rings. The number of aliphatic hydroxyl groups excluding tert-OH is 1. The second-order valence-electron chi connectivity index (χ2n) is 5.42. The highest BCUT2D eigenvalue weighted by Crippen LogP contribution is 2.31. The zero-order valence-corrected chi connectivity index (χ0v) is 10.4. The molecule has 1 saturated heterocycles. The summed E-state index contributed by atoms with van der Waals surface area (Å²) in [5, 5.41) is 9.17. The molecule has 0 aromatic carbocycles. The number of nitrogens with zero attached hydrogens (tertiary/aromatic N) is 1. The molecule has 0 aromatic rings. The monoisotopic (exact) mass is 241 g/mol. The van der Waals surface area contributed by atoms with Gasteiger partial charge in [0.1, 0.15) is 6.29 Å². The molecule has 1 aliphatic carbocycles. The van der Waals surface area contributed by atoms with E-state index in [1.54, 1.807) is 0 Å². The molecule has 1 saturated carbocycles. The molecule has 1 unspecified atom stereocenters. The Morgan fingerprint density at radius 1 is 1.41 bits per heavy atom. The summed E-state index contributed by atoms with van der Waals surface area (Å²) in [5.41, 5.74) is -0.322. The third-order valence-electron chi connectivity index (χ3n) is 4.13. The quantitative estimate of drug-likeness (QED) is 0.700. The molecule has 4 nitrogen and oxygen atoms in total. The van der Waals surface area contributed by atoms with E-state index in [1.807, 2.05) is 0 Å². The van der Waals surface area contributed by atoms with Crippen LogP contribution in [0.15, 0.2) is 0 Å². The van der Waals surface area contributed by atoms with Gasteiger partial charge in [-0.2, -0.15) is 0 Å². The Hall–Kier alpha value is -0.450. The summed E-state index contributed by atoms with van der Waals surface area (Å²) in [6.45, 7) is 2.84. The van der Waals surface area contributed by atoms with Gasteiger partial charge in [-0.15, -0.1) is 0 Å². The molecule has 1 N–H and O–H groups in total. The van der Waals surface area contributed by atoms with Gasteiger partial charge in [-0.25, -0.2) is 0 Å². The van der Waals surface area contributed by atoms with Crippen LogP contribution in [0.4, 0.5) is 0 Å². The maximum absolute atomic E-state index is 11.3. The lowest BCUT2D eigenvalue weighted by atomic mass is 9.88. The molecule has 0 aromatic heterocycles. The molecule has 0 amide bonds. The average molecular weight is 241 g/mol. The molecule has 0 bridgehead atoms. The summed E-state index contributed by atoms with van der Waals surface area (Å²) in [4.78, 5) is 13.6. The second kappa shape index (κ2) is 5.94. The molecular formula is C13H23NO3. The molecule has 0 spiro atoms. The Morgan fingerprint density at radius 3 is 2.71 bits per heavy atom. The highest BCUT2D eigenvalue weighted by Gasteiger charge is 2.38. The van der Waals surface area contributed by atoms with E-state index in [4.69, 9.17) is 9.84 Å². The lowest BCUT2D eigenvalue weighted by Gasteiger charge is -2.34. The summed E-state index contributed by atoms with van der Waals surface area (Å²) in [6, 6.07) is 0.555. The molecule has 4 heteroatoms. The van der Waals surface area contributed by atoms with Crippen LogP contribution in [0.5, 0.6) is 0 Å². The molecular weight excluding hydrogens is 218 g/mol. The number of aldehydes is 1. The first-order chi connectivity index (χ1) is 8.29. The molecule has 0 radical (unpaired) electrons. The molecule has 98 valence electrons. The first kappa shape index (κ1) is 13.0. The van der Waals surface area contributed by atoms with Crippen LogP contribution in [-0.4, -0.2) is 55.2 Å². The fraction of sp³-hybridized carbons (Fsp3) is 0.923. The van der Waals surface area contributed by atoms with Crippen LogP contribution in [0.25, 0.3) is 0 Å². The molecule has 1 atom stereocenters. The number of hydrogen-bond acceptors (Lipinski definition) is 4. The van der Waals surface area contributed by atoms with Crippen molar-refractivity contribution < 1.29 is 14.6 Å². The predicted octanol–water partition coefficient (Wildman–Crippen LogP) is 0.829. The van der Waals surface area contributed by atoms with E-state index in [1.165, 1.54) is 25.7 Å². The van der Waals surface area contributed by atoms with Crippen molar-refractivity contribution in [1.82, 2.24) is 4.90 Å². The maximum atomic E-state index is 11.3.